The molecule has 0 aromatic heterocycles. The molecule has 0 aliphatic rings. The molecule has 0 bridgehead atoms. The van der Waals surface area contributed by atoms with Gasteiger partial charge in [-0.05, 0) is 59.4 Å². The number of fused-ring (bicyclic) bond motifs is 1. The third-order valence-electron chi connectivity index (χ3n) is 4.80. The highest BCUT2D eigenvalue weighted by Gasteiger charge is 2.14. The molecule has 144 valence electrons. The zero-order chi connectivity index (χ0) is 19.9. The number of benzene rings is 3. The van der Waals surface area contributed by atoms with E-state index in [9.17, 15) is 8.78 Å². The van der Waals surface area contributed by atoms with E-state index in [4.69, 9.17) is 4.74 Å². The first-order valence-corrected chi connectivity index (χ1v) is 9.44. The quantitative estimate of drug-likeness (QED) is 0.354. The van der Waals surface area contributed by atoms with E-state index >= 15 is 0 Å². The van der Waals surface area contributed by atoms with E-state index in [1.54, 1.807) is 6.08 Å². The lowest BCUT2D eigenvalue weighted by molar-refractivity contribution is -0.0493. The van der Waals surface area contributed by atoms with Crippen molar-refractivity contribution in [3.05, 3.63) is 91.0 Å². The maximum Gasteiger partial charge on any atom is 0.387 e. The van der Waals surface area contributed by atoms with E-state index in [0.717, 1.165) is 34.9 Å². The van der Waals surface area contributed by atoms with Gasteiger partial charge >= 0.3 is 6.61 Å². The van der Waals surface area contributed by atoms with Crippen molar-refractivity contribution in [3.8, 4) is 16.9 Å². The lowest BCUT2D eigenvalue weighted by Crippen LogP contribution is -2.05. The van der Waals surface area contributed by atoms with Crippen LogP contribution in [0.1, 0.15) is 24.0 Å². The van der Waals surface area contributed by atoms with Crippen molar-refractivity contribution in [1.29, 1.82) is 0 Å². The third-order valence-corrected chi connectivity index (χ3v) is 4.80. The molecule has 0 saturated heterocycles. The van der Waals surface area contributed by atoms with E-state index in [1.807, 2.05) is 36.4 Å². The summed E-state index contributed by atoms with van der Waals surface area (Å²) < 4.78 is 30.8. The van der Waals surface area contributed by atoms with E-state index < -0.39 is 6.61 Å². The van der Waals surface area contributed by atoms with E-state index in [2.05, 4.69) is 37.4 Å². The van der Waals surface area contributed by atoms with Crippen molar-refractivity contribution in [1.82, 2.24) is 0 Å². The van der Waals surface area contributed by atoms with Gasteiger partial charge in [0.15, 0.2) is 0 Å². The highest BCUT2D eigenvalue weighted by Crippen LogP contribution is 2.34. The van der Waals surface area contributed by atoms with Crippen molar-refractivity contribution in [2.75, 3.05) is 0 Å². The van der Waals surface area contributed by atoms with E-state index in [0.29, 0.717) is 18.2 Å². The van der Waals surface area contributed by atoms with E-state index in [-0.39, 0.29) is 5.75 Å². The van der Waals surface area contributed by atoms with Crippen LogP contribution in [0.2, 0.25) is 0 Å². The Labute approximate surface area is 165 Å². The molecule has 0 aliphatic heterocycles. The van der Waals surface area contributed by atoms with Crippen LogP contribution in [0.5, 0.6) is 5.75 Å². The van der Waals surface area contributed by atoms with Crippen LogP contribution >= 0.6 is 0 Å². The maximum atomic E-state index is 13.0. The molecule has 0 heterocycles. The summed E-state index contributed by atoms with van der Waals surface area (Å²) in [5.74, 6) is 0.265. The molecule has 3 aromatic carbocycles. The second-order valence-electron chi connectivity index (χ2n) is 6.72. The lowest BCUT2D eigenvalue weighted by Gasteiger charge is -2.14. The fourth-order valence-corrected chi connectivity index (χ4v) is 3.34. The van der Waals surface area contributed by atoms with Gasteiger partial charge in [0.05, 0.1) is 0 Å². The molecule has 0 spiro atoms. The third kappa shape index (κ3) is 4.66. The second-order valence-corrected chi connectivity index (χ2v) is 6.72. The minimum atomic E-state index is -2.85. The Hall–Kier alpha value is -2.94. The zero-order valence-corrected chi connectivity index (χ0v) is 15.8. The number of halogens is 2. The van der Waals surface area contributed by atoms with Crippen LogP contribution in [0.4, 0.5) is 8.78 Å². The molecule has 28 heavy (non-hydrogen) atoms. The average molecular weight is 378 g/mol. The van der Waals surface area contributed by atoms with Crippen molar-refractivity contribution >= 4 is 10.8 Å². The molecular weight excluding hydrogens is 354 g/mol. The van der Waals surface area contributed by atoms with Crippen molar-refractivity contribution in [2.24, 2.45) is 0 Å². The van der Waals surface area contributed by atoms with Crippen molar-refractivity contribution in [2.45, 2.75) is 32.3 Å². The number of hydrogen-bond donors (Lipinski definition) is 0. The van der Waals surface area contributed by atoms with Crippen LogP contribution in [0.3, 0.4) is 0 Å². The van der Waals surface area contributed by atoms with Crippen molar-refractivity contribution in [3.63, 3.8) is 0 Å². The Bertz CT molecular complexity index is 958. The zero-order valence-electron chi connectivity index (χ0n) is 15.8. The standard InChI is InChI=1S/C25H24F2O/c1-3-5-7-18-9-11-19(12-10-18)21-15-16-23-22(17-21)14-13-20(8-6-4-2)24(23)28-25(26)27/h3-4,9-17,25H,1-2,5-8H2. The van der Waals surface area contributed by atoms with Crippen LogP contribution in [-0.4, -0.2) is 6.61 Å². The maximum absolute atomic E-state index is 13.0. The highest BCUT2D eigenvalue weighted by molar-refractivity contribution is 5.93. The topological polar surface area (TPSA) is 9.23 Å². The van der Waals surface area contributed by atoms with Gasteiger partial charge < -0.3 is 4.74 Å². The smallest absolute Gasteiger partial charge is 0.387 e. The average Bonchev–Trinajstić information content (AvgIpc) is 2.71. The molecule has 0 radical (unpaired) electrons. The van der Waals surface area contributed by atoms with Crippen LogP contribution in [0, 0.1) is 0 Å². The first-order chi connectivity index (χ1) is 13.6. The predicted molar refractivity (Wildman–Crippen MR) is 113 cm³/mol. The minimum absolute atomic E-state index is 0.265. The summed E-state index contributed by atoms with van der Waals surface area (Å²) >= 11 is 0. The first kappa shape index (κ1) is 19.8. The number of rotatable bonds is 9. The lowest BCUT2D eigenvalue weighted by atomic mass is 9.97. The Morgan fingerprint density at radius 2 is 1.50 bits per heavy atom. The Kier molecular flexibility index (Phi) is 6.59. The summed E-state index contributed by atoms with van der Waals surface area (Å²) in [7, 11) is 0. The van der Waals surface area contributed by atoms with Crippen LogP contribution < -0.4 is 4.74 Å². The highest BCUT2D eigenvalue weighted by atomic mass is 19.3. The number of ether oxygens (including phenoxy) is 1. The van der Waals surface area contributed by atoms with Gasteiger partial charge in [0, 0.05) is 5.39 Å². The van der Waals surface area contributed by atoms with Gasteiger partial charge in [0.25, 0.3) is 0 Å². The van der Waals surface area contributed by atoms with Crippen LogP contribution in [-0.2, 0) is 12.8 Å². The normalized spacial score (nSPS) is 11.0. The molecular formula is C25H24F2O. The van der Waals surface area contributed by atoms with Gasteiger partial charge in [-0.25, -0.2) is 0 Å². The summed E-state index contributed by atoms with van der Waals surface area (Å²) in [6.07, 6.45) is 6.95. The van der Waals surface area contributed by atoms with E-state index in [1.165, 1.54) is 5.56 Å². The molecule has 0 amide bonds. The number of aryl methyl sites for hydroxylation is 2. The molecule has 0 aliphatic carbocycles. The van der Waals surface area contributed by atoms with Gasteiger partial charge in [0.1, 0.15) is 5.75 Å². The number of hydrogen-bond acceptors (Lipinski definition) is 1. The Morgan fingerprint density at radius 1 is 0.821 bits per heavy atom. The van der Waals surface area contributed by atoms with Crippen molar-refractivity contribution < 1.29 is 13.5 Å². The fraction of sp³-hybridized carbons (Fsp3) is 0.200. The molecule has 3 aromatic rings. The van der Waals surface area contributed by atoms with Gasteiger partial charge in [-0.3, -0.25) is 0 Å². The van der Waals surface area contributed by atoms with Gasteiger partial charge in [-0.1, -0.05) is 60.7 Å². The number of allylic oxidation sites excluding steroid dienone is 2. The van der Waals surface area contributed by atoms with Crippen LogP contribution in [0.15, 0.2) is 79.9 Å². The fourth-order valence-electron chi connectivity index (χ4n) is 3.34. The van der Waals surface area contributed by atoms with Crippen LogP contribution in [0.25, 0.3) is 21.9 Å². The largest absolute Gasteiger partial charge is 0.434 e. The molecule has 0 fully saturated rings. The molecule has 0 N–H and O–H groups in total. The van der Waals surface area contributed by atoms with Gasteiger partial charge in [-0.2, -0.15) is 8.78 Å². The summed E-state index contributed by atoms with van der Waals surface area (Å²) in [5.41, 5.74) is 4.18. The van der Waals surface area contributed by atoms with Gasteiger partial charge in [-0.15, -0.1) is 13.2 Å². The minimum Gasteiger partial charge on any atom is -0.434 e. The molecule has 0 saturated carbocycles. The number of alkyl halides is 2. The molecule has 0 atom stereocenters. The first-order valence-electron chi connectivity index (χ1n) is 9.44. The molecule has 3 heteroatoms. The summed E-state index contributed by atoms with van der Waals surface area (Å²) in [4.78, 5) is 0. The Balaban J connectivity index is 1.96. The SMILES string of the molecule is C=CCCc1ccc(-c2ccc3c(OC(F)F)c(CCC=C)ccc3c2)cc1. The summed E-state index contributed by atoms with van der Waals surface area (Å²) in [5, 5.41) is 1.58. The summed E-state index contributed by atoms with van der Waals surface area (Å²) in [6, 6.07) is 18.1. The molecule has 3 rings (SSSR count). The predicted octanol–water partition coefficient (Wildman–Crippen LogP) is 7.35. The Morgan fingerprint density at radius 3 is 2.18 bits per heavy atom. The monoisotopic (exact) mass is 378 g/mol. The molecule has 0 unspecified atom stereocenters. The molecule has 1 nitrogen and oxygen atoms in total. The van der Waals surface area contributed by atoms with Gasteiger partial charge in [0.2, 0.25) is 0 Å². The second kappa shape index (κ2) is 9.32. The summed E-state index contributed by atoms with van der Waals surface area (Å²) in [6.45, 7) is 4.61.